The average molecular weight is 343 g/mol. The van der Waals surface area contributed by atoms with E-state index in [1.807, 2.05) is 24.1 Å². The van der Waals surface area contributed by atoms with Crippen LogP contribution in [0.4, 0.5) is 5.82 Å². The van der Waals surface area contributed by atoms with Gasteiger partial charge in [0, 0.05) is 63.1 Å². The van der Waals surface area contributed by atoms with Crippen LogP contribution in [-0.2, 0) is 0 Å². The van der Waals surface area contributed by atoms with Gasteiger partial charge in [-0.25, -0.2) is 4.98 Å². The van der Waals surface area contributed by atoms with E-state index in [2.05, 4.69) is 27.1 Å². The molecule has 0 spiro atoms. The number of anilines is 1. The maximum atomic E-state index is 13.0. The van der Waals surface area contributed by atoms with Gasteiger partial charge in [0.15, 0.2) is 0 Å². The largest absolute Gasteiger partial charge is 0.354 e. The molecular weight excluding hydrogens is 314 g/mol. The molecule has 6 nitrogen and oxygen atoms in total. The van der Waals surface area contributed by atoms with Gasteiger partial charge in [-0.05, 0) is 44.9 Å². The Morgan fingerprint density at radius 3 is 2.56 bits per heavy atom. The van der Waals surface area contributed by atoms with Crippen LogP contribution in [0, 0.1) is 0 Å². The number of fused-ring (bicyclic) bond motifs is 2. The lowest BCUT2D eigenvalue weighted by atomic mass is 9.98. The number of likely N-dealkylation sites (N-methyl/N-ethyl adjacent to an activating group) is 1. The highest BCUT2D eigenvalue weighted by Crippen LogP contribution is 2.30. The molecule has 1 N–H and O–H groups in total. The molecule has 25 heavy (non-hydrogen) atoms. The van der Waals surface area contributed by atoms with E-state index < -0.39 is 0 Å². The van der Waals surface area contributed by atoms with E-state index in [4.69, 9.17) is 0 Å². The minimum Gasteiger partial charge on any atom is -0.354 e. The summed E-state index contributed by atoms with van der Waals surface area (Å²) in [6, 6.07) is 5.37. The third kappa shape index (κ3) is 3.51. The van der Waals surface area contributed by atoms with Crippen molar-refractivity contribution in [2.45, 2.75) is 43.8 Å². The number of carbonyl (C=O) groups is 1. The Hall–Kier alpha value is -1.66. The summed E-state index contributed by atoms with van der Waals surface area (Å²) in [6.07, 6.45) is 6.45. The van der Waals surface area contributed by atoms with Crippen molar-refractivity contribution in [3.63, 3.8) is 0 Å². The van der Waals surface area contributed by atoms with E-state index in [1.165, 1.54) is 12.8 Å². The lowest BCUT2D eigenvalue weighted by Crippen LogP contribution is -2.48. The molecule has 0 radical (unpaired) electrons. The van der Waals surface area contributed by atoms with Gasteiger partial charge in [0.05, 0.1) is 0 Å². The first-order chi connectivity index (χ1) is 12.1. The maximum Gasteiger partial charge on any atom is 0.254 e. The fourth-order valence-electron chi connectivity index (χ4n) is 4.47. The van der Waals surface area contributed by atoms with Crippen molar-refractivity contribution in [1.29, 1.82) is 0 Å². The van der Waals surface area contributed by atoms with Crippen LogP contribution >= 0.6 is 0 Å². The molecule has 2 bridgehead atoms. The first-order valence-electron chi connectivity index (χ1n) is 9.53. The predicted octanol–water partition coefficient (Wildman–Crippen LogP) is 1.19. The second kappa shape index (κ2) is 6.92. The van der Waals surface area contributed by atoms with Crippen molar-refractivity contribution in [3.8, 4) is 0 Å². The molecule has 2 atom stereocenters. The third-order valence-corrected chi connectivity index (χ3v) is 6.14. The summed E-state index contributed by atoms with van der Waals surface area (Å²) in [6.45, 7) is 4.01. The van der Waals surface area contributed by atoms with Crippen molar-refractivity contribution in [3.05, 3.63) is 23.9 Å². The molecule has 136 valence electrons. The molecule has 2 unspecified atom stereocenters. The minimum atomic E-state index is 0.129. The second-order valence-corrected chi connectivity index (χ2v) is 7.87. The first-order valence-corrected chi connectivity index (χ1v) is 9.53. The van der Waals surface area contributed by atoms with Gasteiger partial charge in [0.25, 0.3) is 5.91 Å². The molecule has 3 aliphatic heterocycles. The Morgan fingerprint density at radius 1 is 1.20 bits per heavy atom. The molecule has 3 fully saturated rings. The zero-order valence-electron chi connectivity index (χ0n) is 15.3. The predicted molar refractivity (Wildman–Crippen MR) is 99.0 cm³/mol. The summed E-state index contributed by atoms with van der Waals surface area (Å²) in [4.78, 5) is 24.1. The number of piperazine rings is 1. The maximum absolute atomic E-state index is 13.0. The van der Waals surface area contributed by atoms with Gasteiger partial charge in [-0.15, -0.1) is 0 Å². The van der Waals surface area contributed by atoms with Gasteiger partial charge in [0.1, 0.15) is 5.82 Å². The van der Waals surface area contributed by atoms with Crippen LogP contribution in [0.15, 0.2) is 18.3 Å². The van der Waals surface area contributed by atoms with E-state index >= 15 is 0 Å². The Balaban J connectivity index is 1.45. The van der Waals surface area contributed by atoms with Gasteiger partial charge in [-0.1, -0.05) is 0 Å². The molecule has 3 aliphatic rings. The lowest BCUT2D eigenvalue weighted by Gasteiger charge is -2.36. The number of aromatic nitrogens is 1. The molecular formula is C19H29N5O. The van der Waals surface area contributed by atoms with Crippen LogP contribution in [0.1, 0.15) is 36.0 Å². The van der Waals surface area contributed by atoms with Crippen LogP contribution in [0.2, 0.25) is 0 Å². The molecule has 1 aromatic rings. The summed E-state index contributed by atoms with van der Waals surface area (Å²) >= 11 is 0. The molecule has 1 amide bonds. The summed E-state index contributed by atoms with van der Waals surface area (Å²) in [5.74, 6) is 1.06. The Labute approximate surface area is 150 Å². The number of nitrogens with one attached hydrogen (secondary N) is 1. The summed E-state index contributed by atoms with van der Waals surface area (Å²) in [5.41, 5.74) is 0.761. The topological polar surface area (TPSA) is 51.7 Å². The van der Waals surface area contributed by atoms with Crippen molar-refractivity contribution in [2.75, 3.05) is 45.2 Å². The molecule has 1 aromatic heterocycles. The van der Waals surface area contributed by atoms with Crippen molar-refractivity contribution >= 4 is 11.7 Å². The van der Waals surface area contributed by atoms with Crippen molar-refractivity contribution in [2.24, 2.45) is 0 Å². The second-order valence-electron chi connectivity index (χ2n) is 7.87. The monoisotopic (exact) mass is 343 g/mol. The number of piperidine rings is 1. The molecule has 3 saturated heterocycles. The number of nitrogens with zero attached hydrogens (tertiary/aromatic N) is 4. The number of hydrogen-bond acceptors (Lipinski definition) is 5. The summed E-state index contributed by atoms with van der Waals surface area (Å²) < 4.78 is 0. The highest BCUT2D eigenvalue weighted by molar-refractivity contribution is 5.95. The van der Waals surface area contributed by atoms with Gasteiger partial charge in [-0.3, -0.25) is 4.79 Å². The van der Waals surface area contributed by atoms with Gasteiger partial charge < -0.3 is 20.0 Å². The van der Waals surface area contributed by atoms with E-state index in [0.717, 1.165) is 50.4 Å². The number of amides is 1. The number of carbonyl (C=O) groups excluding carboxylic acids is 1. The Kier molecular flexibility index (Phi) is 4.65. The fraction of sp³-hybridized carbons (Fsp3) is 0.684. The van der Waals surface area contributed by atoms with Gasteiger partial charge >= 0.3 is 0 Å². The Bertz CT molecular complexity index is 616. The quantitative estimate of drug-likeness (QED) is 0.893. The zero-order valence-corrected chi connectivity index (χ0v) is 15.3. The molecule has 6 heteroatoms. The van der Waals surface area contributed by atoms with E-state index in [1.54, 1.807) is 6.20 Å². The van der Waals surface area contributed by atoms with Gasteiger partial charge in [0.2, 0.25) is 0 Å². The third-order valence-electron chi connectivity index (χ3n) is 6.14. The summed E-state index contributed by atoms with van der Waals surface area (Å²) in [7, 11) is 4.11. The first kappa shape index (κ1) is 16.8. The summed E-state index contributed by atoms with van der Waals surface area (Å²) in [5, 5.41) is 3.65. The van der Waals surface area contributed by atoms with E-state index in [9.17, 15) is 4.79 Å². The lowest BCUT2D eigenvalue weighted by molar-refractivity contribution is 0.0681. The fourth-order valence-corrected chi connectivity index (χ4v) is 4.47. The van der Waals surface area contributed by atoms with Crippen LogP contribution in [0.25, 0.3) is 0 Å². The standard InChI is InChI=1S/C19H29N5O/c1-22-7-9-24(10-8-22)18-11-14(5-6-20-18)19(25)23(2)17-12-15-3-4-16(13-17)21-15/h5-6,11,15-17,21H,3-4,7-10,12-13H2,1-2H3. The smallest absolute Gasteiger partial charge is 0.254 e. The number of hydrogen-bond donors (Lipinski definition) is 1. The average Bonchev–Trinajstić information content (AvgIpc) is 2.99. The number of pyridine rings is 1. The molecule has 4 rings (SSSR count). The van der Waals surface area contributed by atoms with Crippen LogP contribution in [0.3, 0.4) is 0 Å². The zero-order chi connectivity index (χ0) is 17.4. The molecule has 0 aliphatic carbocycles. The molecule has 4 heterocycles. The van der Waals surface area contributed by atoms with E-state index in [-0.39, 0.29) is 5.91 Å². The number of rotatable bonds is 3. The normalized spacial score (nSPS) is 29.7. The highest BCUT2D eigenvalue weighted by atomic mass is 16.2. The SMILES string of the molecule is CN1CCN(c2cc(C(=O)N(C)C3CC4CCC(C3)N4)ccn2)CC1. The van der Waals surface area contributed by atoms with Crippen molar-refractivity contribution < 1.29 is 4.79 Å². The Morgan fingerprint density at radius 2 is 1.88 bits per heavy atom. The van der Waals surface area contributed by atoms with Crippen molar-refractivity contribution in [1.82, 2.24) is 20.1 Å². The molecule has 0 saturated carbocycles. The van der Waals surface area contributed by atoms with Crippen LogP contribution < -0.4 is 10.2 Å². The van der Waals surface area contributed by atoms with Gasteiger partial charge in [-0.2, -0.15) is 0 Å². The van der Waals surface area contributed by atoms with Crippen LogP contribution in [-0.4, -0.2) is 79.1 Å². The molecule has 0 aromatic carbocycles. The van der Waals surface area contributed by atoms with E-state index in [0.29, 0.717) is 18.1 Å². The highest BCUT2D eigenvalue weighted by Gasteiger charge is 2.36. The van der Waals surface area contributed by atoms with Crippen LogP contribution in [0.5, 0.6) is 0 Å². The minimum absolute atomic E-state index is 0.129.